The zero-order valence-corrected chi connectivity index (χ0v) is 9.34. The number of aromatic nitrogens is 2. The molecule has 16 heavy (non-hydrogen) atoms. The van der Waals surface area contributed by atoms with Gasteiger partial charge in [-0.15, -0.1) is 0 Å². The molecule has 0 atom stereocenters. The maximum atomic E-state index is 13.0. The molecule has 0 N–H and O–H groups in total. The van der Waals surface area contributed by atoms with Gasteiger partial charge in [0.15, 0.2) is 6.29 Å². The molecule has 0 aliphatic rings. The summed E-state index contributed by atoms with van der Waals surface area (Å²) in [6.07, 6.45) is 1.86. The fraction of sp³-hybridized carbons (Fsp3) is 0. The predicted molar refractivity (Wildman–Crippen MR) is 58.9 cm³/mol. The topological polar surface area (TPSA) is 34.9 Å². The maximum Gasteiger partial charge on any atom is 0.154 e. The lowest BCUT2D eigenvalue weighted by Gasteiger charge is -2.05. The number of nitrogens with zero attached hydrogens (tertiary/aromatic N) is 2. The molecule has 1 heterocycles. The van der Waals surface area contributed by atoms with E-state index < -0.39 is 5.82 Å². The van der Waals surface area contributed by atoms with Gasteiger partial charge in [-0.25, -0.2) is 9.07 Å². The van der Waals surface area contributed by atoms with Crippen molar-refractivity contribution in [1.82, 2.24) is 9.78 Å². The Labute approximate surface area is 100 Å². The second kappa shape index (κ2) is 4.23. The van der Waals surface area contributed by atoms with Crippen molar-refractivity contribution in [1.29, 1.82) is 0 Å². The van der Waals surface area contributed by atoms with Crippen LogP contribution in [0.15, 0.2) is 24.4 Å². The van der Waals surface area contributed by atoms with Crippen LogP contribution in [0.5, 0.6) is 0 Å². The monoisotopic (exact) mass is 258 g/mol. The van der Waals surface area contributed by atoms with E-state index in [1.165, 1.54) is 29.1 Å². The molecule has 2 rings (SSSR count). The SMILES string of the molecule is O=Cc1cnn(-c2cc(F)ccc2Cl)c1Cl. The molecule has 0 radical (unpaired) electrons. The maximum absolute atomic E-state index is 13.0. The van der Waals surface area contributed by atoms with E-state index in [9.17, 15) is 9.18 Å². The molecule has 0 amide bonds. The molecule has 3 nitrogen and oxygen atoms in total. The van der Waals surface area contributed by atoms with Gasteiger partial charge in [0, 0.05) is 6.07 Å². The molecule has 1 aromatic heterocycles. The summed E-state index contributed by atoms with van der Waals surface area (Å²) in [5.41, 5.74) is 0.516. The molecule has 0 saturated carbocycles. The molecule has 1 aromatic carbocycles. The highest BCUT2D eigenvalue weighted by Gasteiger charge is 2.12. The summed E-state index contributed by atoms with van der Waals surface area (Å²) in [4.78, 5) is 10.6. The standard InChI is InChI=1S/C10H5Cl2FN2O/c11-8-2-1-7(13)3-9(8)15-10(12)6(5-16)4-14-15/h1-5H. The van der Waals surface area contributed by atoms with Crippen LogP contribution in [-0.2, 0) is 0 Å². The summed E-state index contributed by atoms with van der Waals surface area (Å²) in [7, 11) is 0. The molecule has 82 valence electrons. The van der Waals surface area contributed by atoms with Gasteiger partial charge in [-0.1, -0.05) is 23.2 Å². The van der Waals surface area contributed by atoms with Crippen LogP contribution in [-0.4, -0.2) is 16.1 Å². The summed E-state index contributed by atoms with van der Waals surface area (Å²) >= 11 is 11.8. The Kier molecular flexibility index (Phi) is 2.94. The lowest BCUT2D eigenvalue weighted by Crippen LogP contribution is -1.98. The molecular weight excluding hydrogens is 254 g/mol. The van der Waals surface area contributed by atoms with E-state index in [4.69, 9.17) is 23.2 Å². The molecule has 0 bridgehead atoms. The normalized spacial score (nSPS) is 10.4. The van der Waals surface area contributed by atoms with E-state index in [1.54, 1.807) is 0 Å². The predicted octanol–water partition coefficient (Wildman–Crippen LogP) is 3.13. The highest BCUT2D eigenvalue weighted by Crippen LogP contribution is 2.25. The largest absolute Gasteiger partial charge is 0.298 e. The quantitative estimate of drug-likeness (QED) is 0.776. The van der Waals surface area contributed by atoms with Crippen molar-refractivity contribution in [3.05, 3.63) is 46.0 Å². The van der Waals surface area contributed by atoms with Crippen LogP contribution in [0, 0.1) is 5.82 Å². The number of benzene rings is 1. The van der Waals surface area contributed by atoms with E-state index >= 15 is 0 Å². The van der Waals surface area contributed by atoms with Crippen molar-refractivity contribution < 1.29 is 9.18 Å². The number of aldehydes is 1. The third-order valence-electron chi connectivity index (χ3n) is 2.00. The lowest BCUT2D eigenvalue weighted by atomic mass is 10.3. The molecule has 2 aromatic rings. The number of carbonyl (C=O) groups is 1. The first kappa shape index (κ1) is 11.1. The first-order valence-electron chi connectivity index (χ1n) is 4.27. The Hall–Kier alpha value is -1.39. The number of rotatable bonds is 2. The van der Waals surface area contributed by atoms with E-state index in [2.05, 4.69) is 5.10 Å². The average Bonchev–Trinajstić information content (AvgIpc) is 2.63. The van der Waals surface area contributed by atoms with Gasteiger partial charge in [-0.05, 0) is 12.1 Å². The molecule has 0 fully saturated rings. The molecular formula is C10H5Cl2FN2O. The first-order chi connectivity index (χ1) is 7.63. The van der Waals surface area contributed by atoms with Gasteiger partial charge in [0.05, 0.1) is 22.5 Å². The van der Waals surface area contributed by atoms with E-state index in [-0.39, 0.29) is 10.7 Å². The van der Waals surface area contributed by atoms with Gasteiger partial charge in [0.2, 0.25) is 0 Å². The van der Waals surface area contributed by atoms with Crippen molar-refractivity contribution in [2.24, 2.45) is 0 Å². The van der Waals surface area contributed by atoms with Crippen molar-refractivity contribution in [3.8, 4) is 5.69 Å². The van der Waals surface area contributed by atoms with Gasteiger partial charge in [-0.2, -0.15) is 5.10 Å². The first-order valence-corrected chi connectivity index (χ1v) is 5.03. The van der Waals surface area contributed by atoms with Crippen LogP contribution in [0.1, 0.15) is 10.4 Å². The van der Waals surface area contributed by atoms with Crippen LogP contribution >= 0.6 is 23.2 Å². The van der Waals surface area contributed by atoms with Gasteiger partial charge in [0.25, 0.3) is 0 Å². The molecule has 0 unspecified atom stereocenters. The Balaban J connectivity index is 2.62. The van der Waals surface area contributed by atoms with Crippen LogP contribution in [0.25, 0.3) is 5.69 Å². The smallest absolute Gasteiger partial charge is 0.154 e. The zero-order valence-electron chi connectivity index (χ0n) is 7.82. The molecule has 0 aliphatic carbocycles. The second-order valence-electron chi connectivity index (χ2n) is 3.02. The third kappa shape index (κ3) is 1.81. The van der Waals surface area contributed by atoms with Crippen molar-refractivity contribution in [2.45, 2.75) is 0 Å². The van der Waals surface area contributed by atoms with Crippen LogP contribution in [0.4, 0.5) is 4.39 Å². The Bertz CT molecular complexity index is 554. The average molecular weight is 259 g/mol. The fourth-order valence-corrected chi connectivity index (χ4v) is 1.67. The van der Waals surface area contributed by atoms with E-state index in [0.29, 0.717) is 17.0 Å². The van der Waals surface area contributed by atoms with Crippen LogP contribution in [0.3, 0.4) is 0 Å². The van der Waals surface area contributed by atoms with E-state index in [0.717, 1.165) is 0 Å². The molecule has 6 heteroatoms. The number of hydrogen-bond acceptors (Lipinski definition) is 2. The van der Waals surface area contributed by atoms with Gasteiger partial charge in [-0.3, -0.25) is 4.79 Å². The Morgan fingerprint density at radius 3 is 2.75 bits per heavy atom. The summed E-state index contributed by atoms with van der Waals surface area (Å²) in [6.45, 7) is 0. The molecule has 0 aliphatic heterocycles. The molecule has 0 saturated heterocycles. The summed E-state index contributed by atoms with van der Waals surface area (Å²) < 4.78 is 14.2. The number of halogens is 3. The highest BCUT2D eigenvalue weighted by atomic mass is 35.5. The highest BCUT2D eigenvalue weighted by molar-refractivity contribution is 6.34. The number of hydrogen-bond donors (Lipinski definition) is 0. The zero-order chi connectivity index (χ0) is 11.7. The van der Waals surface area contributed by atoms with Crippen LogP contribution < -0.4 is 0 Å². The summed E-state index contributed by atoms with van der Waals surface area (Å²) in [5.74, 6) is -0.460. The van der Waals surface area contributed by atoms with E-state index in [1.807, 2.05) is 0 Å². The molecule has 0 spiro atoms. The Morgan fingerprint density at radius 1 is 1.38 bits per heavy atom. The minimum atomic E-state index is -0.460. The van der Waals surface area contributed by atoms with Crippen molar-refractivity contribution in [3.63, 3.8) is 0 Å². The van der Waals surface area contributed by atoms with Gasteiger partial charge < -0.3 is 0 Å². The summed E-state index contributed by atoms with van der Waals surface area (Å²) in [5, 5.41) is 4.26. The van der Waals surface area contributed by atoms with Gasteiger partial charge in [0.1, 0.15) is 11.0 Å². The van der Waals surface area contributed by atoms with Gasteiger partial charge >= 0.3 is 0 Å². The Morgan fingerprint density at radius 2 is 2.12 bits per heavy atom. The van der Waals surface area contributed by atoms with Crippen molar-refractivity contribution >= 4 is 29.5 Å². The second-order valence-corrected chi connectivity index (χ2v) is 3.78. The van der Waals surface area contributed by atoms with Crippen molar-refractivity contribution in [2.75, 3.05) is 0 Å². The fourth-order valence-electron chi connectivity index (χ4n) is 1.24. The van der Waals surface area contributed by atoms with Crippen LogP contribution in [0.2, 0.25) is 10.2 Å². The summed E-state index contributed by atoms with van der Waals surface area (Å²) in [6, 6.07) is 3.81. The minimum Gasteiger partial charge on any atom is -0.298 e. The minimum absolute atomic E-state index is 0.0995. The third-order valence-corrected chi connectivity index (χ3v) is 2.70. The lowest BCUT2D eigenvalue weighted by molar-refractivity contribution is 0.112. The number of carbonyl (C=O) groups excluding carboxylic acids is 1.